The van der Waals surface area contributed by atoms with Crippen molar-refractivity contribution in [2.24, 2.45) is 0 Å². The molecule has 0 aliphatic carbocycles. The van der Waals surface area contributed by atoms with Crippen LogP contribution in [0, 0.1) is 0 Å². The standard InChI is InChI=1S/C37H38N2O7S/c1-24(41)39-31-13-15-33(16-14-31)47-23-32-20-34(28-7-5-25(22-40)6-8-28)46-37(45-32)29-11-9-27(10-12-29)30-4-2-3-26(19-30)21-38-35(42)17-18-36(43)44/h2-16,19,32,34,37,40H,17-18,20-23H2,1H3,(H,38,42)(H,39,41)(H,43,44)/t32-,34+,37+/m0/s1. The second-order valence-corrected chi connectivity index (χ2v) is 12.5. The molecule has 2 amide bonds. The molecule has 0 bridgehead atoms. The summed E-state index contributed by atoms with van der Waals surface area (Å²) in [7, 11) is 0. The fourth-order valence-corrected chi connectivity index (χ4v) is 6.17. The van der Waals surface area contributed by atoms with E-state index in [0.29, 0.717) is 18.7 Å². The Balaban J connectivity index is 1.27. The number of anilines is 1. The molecule has 0 unspecified atom stereocenters. The van der Waals surface area contributed by atoms with Crippen molar-refractivity contribution in [3.8, 4) is 11.1 Å². The van der Waals surface area contributed by atoms with Crippen LogP contribution in [0.15, 0.2) is 102 Å². The number of ether oxygens (including phenoxy) is 2. The molecular weight excluding hydrogens is 616 g/mol. The normalized spacial score (nSPS) is 17.5. The molecule has 4 N–H and O–H groups in total. The van der Waals surface area contributed by atoms with Gasteiger partial charge in [0.05, 0.1) is 25.2 Å². The molecule has 1 saturated heterocycles. The SMILES string of the molecule is CC(=O)Nc1ccc(SC[C@@H]2C[C@H](c3ccc(CO)cc3)O[C@H](c3ccc(-c4cccc(CNC(=O)CCC(=O)O)c4)cc3)O2)cc1. The van der Waals surface area contributed by atoms with Gasteiger partial charge in [0, 0.05) is 48.2 Å². The molecule has 10 heteroatoms. The number of aliphatic carboxylic acids is 1. The maximum absolute atomic E-state index is 12.0. The summed E-state index contributed by atoms with van der Waals surface area (Å²) in [6, 6.07) is 31.5. The summed E-state index contributed by atoms with van der Waals surface area (Å²) in [5, 5.41) is 23.9. The predicted octanol–water partition coefficient (Wildman–Crippen LogP) is 6.62. The average Bonchev–Trinajstić information content (AvgIpc) is 3.09. The van der Waals surface area contributed by atoms with E-state index in [0.717, 1.165) is 44.0 Å². The highest BCUT2D eigenvalue weighted by molar-refractivity contribution is 7.99. The number of carboxylic acids is 1. The highest BCUT2D eigenvalue weighted by Gasteiger charge is 2.32. The molecule has 0 spiro atoms. The van der Waals surface area contributed by atoms with Gasteiger partial charge in [-0.05, 0) is 58.1 Å². The molecule has 4 aromatic carbocycles. The number of carbonyl (C=O) groups is 3. The van der Waals surface area contributed by atoms with Crippen LogP contribution in [0.5, 0.6) is 0 Å². The number of carbonyl (C=O) groups excluding carboxylic acids is 2. The molecule has 1 aliphatic heterocycles. The third kappa shape index (κ3) is 10.0. The second-order valence-electron chi connectivity index (χ2n) is 11.4. The molecular formula is C37H38N2O7S. The van der Waals surface area contributed by atoms with Crippen LogP contribution in [0.2, 0.25) is 0 Å². The number of aliphatic hydroxyl groups excluding tert-OH is 1. The first-order chi connectivity index (χ1) is 22.7. The topological polar surface area (TPSA) is 134 Å². The summed E-state index contributed by atoms with van der Waals surface area (Å²) >= 11 is 1.69. The van der Waals surface area contributed by atoms with Crippen molar-refractivity contribution in [1.82, 2.24) is 5.32 Å². The summed E-state index contributed by atoms with van der Waals surface area (Å²) in [5.74, 6) is -0.692. The van der Waals surface area contributed by atoms with Crippen LogP contribution >= 0.6 is 11.8 Å². The Labute approximate surface area is 278 Å². The number of benzene rings is 4. The van der Waals surface area contributed by atoms with Gasteiger partial charge >= 0.3 is 5.97 Å². The Kier molecular flexibility index (Phi) is 11.8. The number of hydrogen-bond acceptors (Lipinski definition) is 7. The van der Waals surface area contributed by atoms with Crippen LogP contribution in [0.1, 0.15) is 60.8 Å². The van der Waals surface area contributed by atoms with E-state index < -0.39 is 12.3 Å². The van der Waals surface area contributed by atoms with Crippen molar-refractivity contribution in [3.63, 3.8) is 0 Å². The summed E-state index contributed by atoms with van der Waals surface area (Å²) < 4.78 is 13.0. The highest BCUT2D eigenvalue weighted by atomic mass is 32.2. The third-order valence-electron chi connectivity index (χ3n) is 7.72. The summed E-state index contributed by atoms with van der Waals surface area (Å²) in [5.41, 5.74) is 6.40. The zero-order valence-corrected chi connectivity index (χ0v) is 26.9. The molecule has 0 saturated carbocycles. The average molecular weight is 655 g/mol. The lowest BCUT2D eigenvalue weighted by molar-refractivity contribution is -0.245. The van der Waals surface area contributed by atoms with Crippen molar-refractivity contribution >= 4 is 35.2 Å². The highest BCUT2D eigenvalue weighted by Crippen LogP contribution is 2.40. The van der Waals surface area contributed by atoms with E-state index >= 15 is 0 Å². The summed E-state index contributed by atoms with van der Waals surface area (Å²) in [6.45, 7) is 1.78. The number of nitrogens with one attached hydrogen (secondary N) is 2. The molecule has 1 aliphatic rings. The van der Waals surface area contributed by atoms with Crippen molar-refractivity contribution < 1.29 is 34.1 Å². The monoisotopic (exact) mass is 654 g/mol. The largest absolute Gasteiger partial charge is 0.481 e. The van der Waals surface area contributed by atoms with Gasteiger partial charge in [-0.2, -0.15) is 0 Å². The number of aliphatic hydroxyl groups is 1. The number of hydrogen-bond donors (Lipinski definition) is 4. The van der Waals surface area contributed by atoms with E-state index in [1.165, 1.54) is 6.92 Å². The second kappa shape index (κ2) is 16.4. The van der Waals surface area contributed by atoms with Crippen LogP contribution in [0.3, 0.4) is 0 Å². The first kappa shape index (κ1) is 33.9. The maximum atomic E-state index is 12.0. The molecule has 1 fully saturated rings. The van der Waals surface area contributed by atoms with E-state index in [9.17, 15) is 19.5 Å². The molecule has 244 valence electrons. The quantitative estimate of drug-likeness (QED) is 0.118. The van der Waals surface area contributed by atoms with Gasteiger partial charge in [0.2, 0.25) is 11.8 Å². The Hall–Kier alpha value is -4.48. The smallest absolute Gasteiger partial charge is 0.303 e. The van der Waals surface area contributed by atoms with E-state index in [1.807, 2.05) is 97.1 Å². The van der Waals surface area contributed by atoms with Crippen LogP contribution < -0.4 is 10.6 Å². The van der Waals surface area contributed by atoms with Gasteiger partial charge < -0.3 is 30.3 Å². The van der Waals surface area contributed by atoms with Gasteiger partial charge in [0.1, 0.15) is 0 Å². The van der Waals surface area contributed by atoms with Gasteiger partial charge in [-0.1, -0.05) is 66.7 Å². The van der Waals surface area contributed by atoms with E-state index in [-0.39, 0.29) is 43.5 Å². The minimum Gasteiger partial charge on any atom is -0.481 e. The fourth-order valence-electron chi connectivity index (χ4n) is 5.25. The van der Waals surface area contributed by atoms with Gasteiger partial charge in [-0.25, -0.2) is 0 Å². The van der Waals surface area contributed by atoms with Gasteiger partial charge in [-0.3, -0.25) is 14.4 Å². The minimum absolute atomic E-state index is 0.0196. The maximum Gasteiger partial charge on any atom is 0.303 e. The van der Waals surface area contributed by atoms with Crippen molar-refractivity contribution in [1.29, 1.82) is 0 Å². The molecule has 9 nitrogen and oxygen atoms in total. The lowest BCUT2D eigenvalue weighted by Gasteiger charge is -2.36. The zero-order chi connectivity index (χ0) is 33.2. The van der Waals surface area contributed by atoms with Crippen LogP contribution in [-0.4, -0.2) is 39.9 Å². The first-order valence-electron chi connectivity index (χ1n) is 15.4. The summed E-state index contributed by atoms with van der Waals surface area (Å²) in [6.07, 6.45) is -0.458. The van der Waals surface area contributed by atoms with Crippen molar-refractivity contribution in [2.75, 3.05) is 11.1 Å². The van der Waals surface area contributed by atoms with Gasteiger partial charge in [0.15, 0.2) is 6.29 Å². The Morgan fingerprint density at radius 2 is 1.55 bits per heavy atom. The number of rotatable bonds is 13. The molecule has 3 atom stereocenters. The molecule has 1 heterocycles. The Morgan fingerprint density at radius 1 is 0.830 bits per heavy atom. The number of thioether (sulfide) groups is 1. The minimum atomic E-state index is -0.998. The lowest BCUT2D eigenvalue weighted by Crippen LogP contribution is -2.31. The molecule has 0 aromatic heterocycles. The number of carboxylic acid groups (broad SMARTS) is 1. The van der Waals surface area contributed by atoms with Crippen molar-refractivity contribution in [3.05, 3.63) is 119 Å². The van der Waals surface area contributed by atoms with Crippen LogP contribution in [0.25, 0.3) is 11.1 Å². The molecule has 4 aromatic rings. The van der Waals surface area contributed by atoms with E-state index in [4.69, 9.17) is 14.6 Å². The summed E-state index contributed by atoms with van der Waals surface area (Å²) in [4.78, 5) is 35.1. The zero-order valence-electron chi connectivity index (χ0n) is 26.1. The third-order valence-corrected chi connectivity index (χ3v) is 8.87. The Bertz CT molecular complexity index is 1660. The first-order valence-corrected chi connectivity index (χ1v) is 16.4. The van der Waals surface area contributed by atoms with E-state index in [1.54, 1.807) is 11.8 Å². The molecule has 47 heavy (non-hydrogen) atoms. The van der Waals surface area contributed by atoms with Gasteiger partial charge in [-0.15, -0.1) is 11.8 Å². The molecule has 5 rings (SSSR count). The molecule has 0 radical (unpaired) electrons. The van der Waals surface area contributed by atoms with Crippen LogP contribution in [0.4, 0.5) is 5.69 Å². The van der Waals surface area contributed by atoms with Crippen molar-refractivity contribution in [2.45, 2.75) is 62.7 Å². The van der Waals surface area contributed by atoms with Crippen LogP contribution in [-0.2, 0) is 37.0 Å². The number of amides is 2. The van der Waals surface area contributed by atoms with E-state index in [2.05, 4.69) is 10.6 Å². The predicted molar refractivity (Wildman–Crippen MR) is 180 cm³/mol. The van der Waals surface area contributed by atoms with Gasteiger partial charge in [0.25, 0.3) is 0 Å². The fraction of sp³-hybridized carbons (Fsp3) is 0.270. The Morgan fingerprint density at radius 3 is 2.23 bits per heavy atom. The lowest BCUT2D eigenvalue weighted by atomic mass is 9.99.